The van der Waals surface area contributed by atoms with E-state index in [-0.39, 0.29) is 23.5 Å². The maximum absolute atomic E-state index is 13.6. The van der Waals surface area contributed by atoms with Crippen molar-refractivity contribution in [3.63, 3.8) is 0 Å². The van der Waals surface area contributed by atoms with E-state index in [1.807, 2.05) is 72.8 Å². The smallest absolute Gasteiger partial charge is 0.167 e. The van der Waals surface area contributed by atoms with Gasteiger partial charge < -0.3 is 9.47 Å². The summed E-state index contributed by atoms with van der Waals surface area (Å²) in [4.78, 5) is 13.6. The highest BCUT2D eigenvalue weighted by molar-refractivity contribution is 6.17. The fourth-order valence-electron chi connectivity index (χ4n) is 4.82. The summed E-state index contributed by atoms with van der Waals surface area (Å²) in [5, 5.41) is 0. The van der Waals surface area contributed by atoms with Crippen LogP contribution in [0.25, 0.3) is 0 Å². The quantitative estimate of drug-likeness (QED) is 0.121. The van der Waals surface area contributed by atoms with Gasteiger partial charge >= 0.3 is 0 Å². The minimum Gasteiger partial charge on any atom is -0.494 e. The van der Waals surface area contributed by atoms with Gasteiger partial charge in [-0.3, -0.25) is 4.79 Å². The van der Waals surface area contributed by atoms with Crippen LogP contribution < -0.4 is 9.47 Å². The molecule has 182 valence electrons. The number of rotatable bonds is 11. The molecule has 3 atom stereocenters. The van der Waals surface area contributed by atoms with Gasteiger partial charge in [0, 0.05) is 29.2 Å². The van der Waals surface area contributed by atoms with Crippen LogP contribution in [-0.4, -0.2) is 18.3 Å². The highest BCUT2D eigenvalue weighted by Crippen LogP contribution is 2.61. The molecule has 0 spiro atoms. The van der Waals surface area contributed by atoms with Crippen molar-refractivity contribution < 1.29 is 14.3 Å². The number of carbonyl (C=O) groups is 1. The number of hydrogen-bond donors (Lipinski definition) is 0. The van der Waals surface area contributed by atoms with Crippen molar-refractivity contribution in [2.75, 3.05) is 12.5 Å². The Bertz CT molecular complexity index is 1250. The molecular formula is C32H29ClO3. The summed E-state index contributed by atoms with van der Waals surface area (Å²) < 4.78 is 11.7. The minimum atomic E-state index is -0.0912. The van der Waals surface area contributed by atoms with Crippen molar-refractivity contribution in [3.05, 3.63) is 131 Å². The molecule has 0 saturated heterocycles. The third-order valence-corrected chi connectivity index (χ3v) is 6.97. The lowest BCUT2D eigenvalue weighted by molar-refractivity contribution is 0.0963. The Morgan fingerprint density at radius 2 is 1.22 bits per heavy atom. The van der Waals surface area contributed by atoms with E-state index in [2.05, 4.69) is 36.4 Å². The Kier molecular flexibility index (Phi) is 7.68. The van der Waals surface area contributed by atoms with Gasteiger partial charge in [0.15, 0.2) is 5.78 Å². The molecule has 0 amide bonds. The molecule has 1 saturated carbocycles. The standard InChI is InChI=1S/C32H29ClO3/c33-20-7-21-35-27-18-14-26(15-19-27)32(34)31-29(24-10-5-2-6-11-24)30(31)25-12-16-28(17-13-25)36-22-23-8-3-1-4-9-23/h1-6,8-19,29-31H,7,20-22H2. The van der Waals surface area contributed by atoms with Crippen LogP contribution in [0, 0.1) is 5.92 Å². The minimum absolute atomic E-state index is 0.0912. The number of benzene rings is 4. The van der Waals surface area contributed by atoms with Crippen molar-refractivity contribution >= 4 is 17.4 Å². The maximum Gasteiger partial charge on any atom is 0.167 e. The van der Waals surface area contributed by atoms with Crippen LogP contribution in [-0.2, 0) is 6.61 Å². The molecule has 0 aromatic heterocycles. The van der Waals surface area contributed by atoms with Gasteiger partial charge in [0.05, 0.1) is 6.61 Å². The van der Waals surface area contributed by atoms with Crippen LogP contribution in [0.4, 0.5) is 0 Å². The van der Waals surface area contributed by atoms with Gasteiger partial charge in [0.2, 0.25) is 0 Å². The summed E-state index contributed by atoms with van der Waals surface area (Å²) in [7, 11) is 0. The Balaban J connectivity index is 1.31. The second-order valence-electron chi connectivity index (χ2n) is 9.11. The maximum atomic E-state index is 13.6. The zero-order valence-corrected chi connectivity index (χ0v) is 20.8. The van der Waals surface area contributed by atoms with E-state index in [0.29, 0.717) is 19.1 Å². The van der Waals surface area contributed by atoms with E-state index in [1.54, 1.807) is 0 Å². The normalized spacial score (nSPS) is 18.4. The molecule has 0 aliphatic heterocycles. The molecule has 0 radical (unpaired) electrons. The third kappa shape index (κ3) is 5.63. The summed E-state index contributed by atoms with van der Waals surface area (Å²) in [5.74, 6) is 2.54. The van der Waals surface area contributed by atoms with Crippen molar-refractivity contribution in [2.24, 2.45) is 5.92 Å². The highest BCUT2D eigenvalue weighted by atomic mass is 35.5. The van der Waals surface area contributed by atoms with Crippen LogP contribution in [0.5, 0.6) is 11.5 Å². The topological polar surface area (TPSA) is 35.5 Å². The van der Waals surface area contributed by atoms with Crippen LogP contribution >= 0.6 is 11.6 Å². The molecule has 1 aliphatic carbocycles. The summed E-state index contributed by atoms with van der Waals surface area (Å²) in [6, 6.07) is 36.2. The van der Waals surface area contributed by atoms with E-state index >= 15 is 0 Å². The average molecular weight is 497 g/mol. The molecule has 0 heterocycles. The second kappa shape index (κ2) is 11.5. The molecule has 1 fully saturated rings. The lowest BCUT2D eigenvalue weighted by Crippen LogP contribution is -2.05. The molecule has 5 rings (SSSR count). The van der Waals surface area contributed by atoms with E-state index in [4.69, 9.17) is 21.1 Å². The largest absolute Gasteiger partial charge is 0.494 e. The highest BCUT2D eigenvalue weighted by Gasteiger charge is 2.55. The van der Waals surface area contributed by atoms with Gasteiger partial charge in [-0.1, -0.05) is 72.8 Å². The first-order valence-electron chi connectivity index (χ1n) is 12.4. The second-order valence-corrected chi connectivity index (χ2v) is 9.49. The monoisotopic (exact) mass is 496 g/mol. The van der Waals surface area contributed by atoms with Crippen LogP contribution in [0.3, 0.4) is 0 Å². The van der Waals surface area contributed by atoms with Crippen molar-refractivity contribution in [2.45, 2.75) is 24.9 Å². The van der Waals surface area contributed by atoms with E-state index < -0.39 is 0 Å². The first-order chi connectivity index (χ1) is 17.7. The summed E-state index contributed by atoms with van der Waals surface area (Å²) in [5.41, 5.74) is 4.21. The third-order valence-electron chi connectivity index (χ3n) is 6.71. The number of ether oxygens (including phenoxy) is 2. The molecule has 3 nitrogen and oxygen atoms in total. The number of alkyl halides is 1. The first kappa shape index (κ1) is 24.1. The number of ketones is 1. The van der Waals surface area contributed by atoms with Crippen LogP contribution in [0.2, 0.25) is 0 Å². The summed E-state index contributed by atoms with van der Waals surface area (Å²) in [6.45, 7) is 1.10. The van der Waals surface area contributed by atoms with Gasteiger partial charge in [-0.2, -0.15) is 0 Å². The Morgan fingerprint density at radius 1 is 0.667 bits per heavy atom. The molecule has 3 unspecified atom stereocenters. The number of carbonyl (C=O) groups excluding carboxylic acids is 1. The average Bonchev–Trinajstić information content (AvgIpc) is 3.69. The Hall–Kier alpha value is -3.56. The molecule has 0 N–H and O–H groups in total. The Morgan fingerprint density at radius 3 is 1.86 bits per heavy atom. The van der Waals surface area contributed by atoms with E-state index in [1.165, 1.54) is 5.56 Å². The molecule has 4 aromatic rings. The molecular weight excluding hydrogens is 468 g/mol. The van der Waals surface area contributed by atoms with E-state index in [0.717, 1.165) is 34.6 Å². The molecule has 36 heavy (non-hydrogen) atoms. The zero-order valence-electron chi connectivity index (χ0n) is 20.1. The Labute approximate surface area is 217 Å². The van der Waals surface area contributed by atoms with E-state index in [9.17, 15) is 4.79 Å². The van der Waals surface area contributed by atoms with Crippen molar-refractivity contribution in [3.8, 4) is 11.5 Å². The molecule has 4 heteroatoms. The first-order valence-corrected chi connectivity index (χ1v) is 12.9. The summed E-state index contributed by atoms with van der Waals surface area (Å²) >= 11 is 5.72. The number of hydrogen-bond acceptors (Lipinski definition) is 3. The van der Waals surface area contributed by atoms with Gasteiger partial charge in [0.25, 0.3) is 0 Å². The fraction of sp³-hybridized carbons (Fsp3) is 0.219. The fourth-order valence-corrected chi connectivity index (χ4v) is 4.93. The zero-order chi connectivity index (χ0) is 24.7. The van der Waals surface area contributed by atoms with Gasteiger partial charge in [-0.05, 0) is 59.5 Å². The number of Topliss-reactive ketones (excluding diaryl/α,β-unsaturated/α-hetero) is 1. The summed E-state index contributed by atoms with van der Waals surface area (Å²) in [6.07, 6.45) is 0.792. The number of halogens is 1. The lowest BCUT2D eigenvalue weighted by atomic mass is 10.0. The van der Waals surface area contributed by atoms with Crippen LogP contribution in [0.15, 0.2) is 109 Å². The molecule has 4 aromatic carbocycles. The SMILES string of the molecule is O=C(c1ccc(OCCCCl)cc1)C1C(c2ccccc2)C1c1ccc(OCc2ccccc2)cc1. The van der Waals surface area contributed by atoms with Gasteiger partial charge in [0.1, 0.15) is 18.1 Å². The van der Waals surface area contributed by atoms with Crippen LogP contribution in [0.1, 0.15) is 45.3 Å². The molecule has 1 aliphatic rings. The predicted molar refractivity (Wildman–Crippen MR) is 144 cm³/mol. The molecule has 0 bridgehead atoms. The predicted octanol–water partition coefficient (Wildman–Crippen LogP) is 7.65. The van der Waals surface area contributed by atoms with Crippen molar-refractivity contribution in [1.29, 1.82) is 0 Å². The van der Waals surface area contributed by atoms with Crippen molar-refractivity contribution in [1.82, 2.24) is 0 Å². The lowest BCUT2D eigenvalue weighted by Gasteiger charge is -2.08. The van der Waals surface area contributed by atoms with Gasteiger partial charge in [-0.25, -0.2) is 0 Å². The van der Waals surface area contributed by atoms with Gasteiger partial charge in [-0.15, -0.1) is 11.6 Å².